The first-order valence-electron chi connectivity index (χ1n) is 9.10. The monoisotopic (exact) mass is 437 g/mol. The summed E-state index contributed by atoms with van der Waals surface area (Å²) < 4.78 is 24.8. The van der Waals surface area contributed by atoms with Gasteiger partial charge in [0.1, 0.15) is 0 Å². The summed E-state index contributed by atoms with van der Waals surface area (Å²) in [5.74, 6) is 0.610. The molecule has 152 valence electrons. The first-order chi connectivity index (χ1) is 14.4. The lowest BCUT2D eigenvalue weighted by Gasteiger charge is -2.13. The van der Waals surface area contributed by atoms with Crippen LogP contribution in [0.1, 0.15) is 5.56 Å². The van der Waals surface area contributed by atoms with Gasteiger partial charge in [0, 0.05) is 5.69 Å². The van der Waals surface area contributed by atoms with Gasteiger partial charge in [-0.3, -0.25) is 0 Å². The normalized spacial score (nSPS) is 11.4. The molecule has 0 spiro atoms. The largest absolute Gasteiger partial charge is 0.332 e. The molecule has 0 aliphatic carbocycles. The lowest BCUT2D eigenvalue weighted by molar-refractivity contribution is 0.598. The van der Waals surface area contributed by atoms with Crippen molar-refractivity contribution in [3.8, 4) is 0 Å². The fourth-order valence-electron chi connectivity index (χ4n) is 3.09. The van der Waals surface area contributed by atoms with Crippen molar-refractivity contribution in [1.82, 2.24) is 9.55 Å². The van der Waals surface area contributed by atoms with Crippen LogP contribution >= 0.6 is 12.2 Å². The smallest absolute Gasteiger partial charge is 0.238 e. The zero-order valence-corrected chi connectivity index (χ0v) is 17.5. The number of anilines is 2. The summed E-state index contributed by atoms with van der Waals surface area (Å²) in [6.07, 6.45) is 0. The fourth-order valence-corrected chi connectivity index (χ4v) is 3.81. The quantitative estimate of drug-likeness (QED) is 0.413. The summed E-state index contributed by atoms with van der Waals surface area (Å²) >= 11 is 5.43. The Morgan fingerprint density at radius 1 is 0.933 bits per heavy atom. The lowest BCUT2D eigenvalue weighted by atomic mass is 10.2. The van der Waals surface area contributed by atoms with Gasteiger partial charge in [0.2, 0.25) is 16.0 Å². The van der Waals surface area contributed by atoms with Gasteiger partial charge in [-0.25, -0.2) is 18.5 Å². The van der Waals surface area contributed by atoms with Crippen molar-refractivity contribution in [2.24, 2.45) is 5.14 Å². The number of hydrogen-bond donors (Lipinski definition) is 3. The van der Waals surface area contributed by atoms with Crippen LogP contribution < -0.4 is 15.8 Å². The van der Waals surface area contributed by atoms with Gasteiger partial charge in [0.25, 0.3) is 0 Å². The third-order valence-electron chi connectivity index (χ3n) is 4.50. The van der Waals surface area contributed by atoms with Crippen LogP contribution in [0, 0.1) is 0 Å². The first-order valence-corrected chi connectivity index (χ1v) is 11.1. The maximum absolute atomic E-state index is 11.4. The average Bonchev–Trinajstić information content (AvgIpc) is 3.05. The van der Waals surface area contributed by atoms with Crippen LogP contribution in [-0.4, -0.2) is 23.1 Å². The molecule has 4 N–H and O–H groups in total. The number of fused-ring (bicyclic) bond motifs is 1. The summed E-state index contributed by atoms with van der Waals surface area (Å²) in [6.45, 7) is 0.634. The molecular weight excluding hydrogens is 418 g/mol. The number of nitrogens with zero attached hydrogens (tertiary/aromatic N) is 2. The Balaban J connectivity index is 1.57. The van der Waals surface area contributed by atoms with Gasteiger partial charge in [0.15, 0.2) is 5.11 Å². The molecule has 0 unspecified atom stereocenters. The number of para-hydroxylation sites is 2. The second kappa shape index (κ2) is 8.23. The van der Waals surface area contributed by atoms with Gasteiger partial charge in [-0.15, -0.1) is 0 Å². The third-order valence-corrected chi connectivity index (χ3v) is 5.64. The summed E-state index contributed by atoms with van der Waals surface area (Å²) in [4.78, 5) is 4.70. The van der Waals surface area contributed by atoms with Crippen LogP contribution in [0.4, 0.5) is 11.6 Å². The highest BCUT2D eigenvalue weighted by molar-refractivity contribution is 7.89. The van der Waals surface area contributed by atoms with E-state index in [4.69, 9.17) is 17.4 Å². The summed E-state index contributed by atoms with van der Waals surface area (Å²) in [7, 11) is -3.74. The number of benzene rings is 3. The molecule has 0 aliphatic heterocycles. The van der Waals surface area contributed by atoms with Crippen molar-refractivity contribution in [3.05, 3.63) is 84.4 Å². The van der Waals surface area contributed by atoms with Crippen LogP contribution in [-0.2, 0) is 16.6 Å². The number of nitrogens with two attached hydrogens (primary N) is 1. The number of rotatable bonds is 5. The molecule has 0 fully saturated rings. The van der Waals surface area contributed by atoms with Crippen molar-refractivity contribution >= 4 is 50.0 Å². The number of aromatic nitrogens is 2. The predicted molar refractivity (Wildman–Crippen MR) is 123 cm³/mol. The maximum atomic E-state index is 11.4. The number of sulfonamides is 1. The van der Waals surface area contributed by atoms with Crippen molar-refractivity contribution in [2.45, 2.75) is 11.4 Å². The van der Waals surface area contributed by atoms with Crippen LogP contribution in [0.3, 0.4) is 0 Å². The zero-order valence-electron chi connectivity index (χ0n) is 15.8. The number of nitrogens with one attached hydrogen (secondary N) is 2. The highest BCUT2D eigenvalue weighted by Gasteiger charge is 2.13. The Morgan fingerprint density at radius 2 is 1.60 bits per heavy atom. The number of primary sulfonamides is 1. The lowest BCUT2D eigenvalue weighted by Crippen LogP contribution is -2.22. The van der Waals surface area contributed by atoms with Crippen molar-refractivity contribution in [1.29, 1.82) is 0 Å². The molecule has 0 aliphatic rings. The summed E-state index contributed by atoms with van der Waals surface area (Å²) in [5.41, 5.74) is 3.62. The van der Waals surface area contributed by atoms with Crippen LogP contribution in [0.5, 0.6) is 0 Å². The molecule has 7 nitrogen and oxygen atoms in total. The first kappa shape index (κ1) is 20.0. The van der Waals surface area contributed by atoms with E-state index in [0.29, 0.717) is 23.3 Å². The molecule has 1 aromatic heterocycles. The minimum absolute atomic E-state index is 0.0385. The van der Waals surface area contributed by atoms with E-state index in [-0.39, 0.29) is 4.90 Å². The summed E-state index contributed by atoms with van der Waals surface area (Å²) in [5, 5.41) is 11.6. The minimum atomic E-state index is -3.74. The maximum Gasteiger partial charge on any atom is 0.238 e. The van der Waals surface area contributed by atoms with Gasteiger partial charge in [-0.1, -0.05) is 42.5 Å². The van der Waals surface area contributed by atoms with Crippen molar-refractivity contribution in [2.75, 3.05) is 10.6 Å². The highest BCUT2D eigenvalue weighted by atomic mass is 32.2. The molecule has 4 rings (SSSR count). The molecular formula is C21H19N5O2S2. The van der Waals surface area contributed by atoms with Crippen molar-refractivity contribution < 1.29 is 8.42 Å². The molecule has 3 aromatic carbocycles. The molecule has 0 saturated carbocycles. The Hall–Kier alpha value is -3.27. The molecule has 0 amide bonds. The second-order valence-electron chi connectivity index (χ2n) is 6.64. The van der Waals surface area contributed by atoms with E-state index in [2.05, 4.69) is 32.3 Å². The minimum Gasteiger partial charge on any atom is -0.332 e. The molecule has 1 heterocycles. The molecule has 0 radical (unpaired) electrons. The molecule has 9 heteroatoms. The molecule has 30 heavy (non-hydrogen) atoms. The van der Waals surface area contributed by atoms with E-state index in [1.165, 1.54) is 12.1 Å². The van der Waals surface area contributed by atoms with E-state index in [1.54, 1.807) is 12.1 Å². The van der Waals surface area contributed by atoms with Crippen LogP contribution in [0.2, 0.25) is 0 Å². The third kappa shape index (κ3) is 4.48. The van der Waals surface area contributed by atoms with Gasteiger partial charge < -0.3 is 15.2 Å². The zero-order chi connectivity index (χ0) is 21.1. The van der Waals surface area contributed by atoms with Crippen molar-refractivity contribution in [3.63, 3.8) is 0 Å². The number of hydrogen-bond acceptors (Lipinski definition) is 4. The average molecular weight is 438 g/mol. The number of imidazole rings is 1. The van der Waals surface area contributed by atoms with E-state index >= 15 is 0 Å². The SMILES string of the molecule is NS(=O)(=O)c1ccc(NC(=S)Nc2nc3ccccc3n2Cc2ccccc2)cc1. The molecule has 0 bridgehead atoms. The topological polar surface area (TPSA) is 102 Å². The van der Waals surface area contributed by atoms with Gasteiger partial charge >= 0.3 is 0 Å². The van der Waals surface area contributed by atoms with Crippen LogP contribution in [0.15, 0.2) is 83.8 Å². The standard InChI is InChI=1S/C21H19N5O2S2/c22-30(27,28)17-12-10-16(11-13-17)23-21(29)25-20-24-18-8-4-5-9-19(18)26(20)14-15-6-2-1-3-7-15/h1-13H,14H2,(H2,22,27,28)(H2,23,24,25,29). The number of thiocarbonyl (C=S) groups is 1. The predicted octanol–water partition coefficient (Wildman–Crippen LogP) is 3.54. The summed E-state index contributed by atoms with van der Waals surface area (Å²) in [6, 6.07) is 24.0. The van der Waals surface area contributed by atoms with Gasteiger partial charge in [-0.05, 0) is 54.2 Å². The fraction of sp³-hybridized carbons (Fsp3) is 0.0476. The molecule has 0 atom stereocenters. The van der Waals surface area contributed by atoms with E-state index < -0.39 is 10.0 Å². The second-order valence-corrected chi connectivity index (χ2v) is 8.61. The Bertz CT molecular complexity index is 1300. The Morgan fingerprint density at radius 3 is 2.30 bits per heavy atom. The molecule has 0 saturated heterocycles. The van der Waals surface area contributed by atoms with E-state index in [9.17, 15) is 8.42 Å². The van der Waals surface area contributed by atoms with Crippen LogP contribution in [0.25, 0.3) is 11.0 Å². The molecule has 4 aromatic rings. The van der Waals surface area contributed by atoms with Gasteiger partial charge in [0.05, 0.1) is 22.5 Å². The van der Waals surface area contributed by atoms with E-state index in [1.807, 2.05) is 42.5 Å². The van der Waals surface area contributed by atoms with Gasteiger partial charge in [-0.2, -0.15) is 0 Å². The Labute approximate surface area is 179 Å². The highest BCUT2D eigenvalue weighted by Crippen LogP contribution is 2.22. The van der Waals surface area contributed by atoms with E-state index in [0.717, 1.165) is 16.6 Å². The Kier molecular flexibility index (Phi) is 5.49.